The second-order valence-electron chi connectivity index (χ2n) is 5.18. The van der Waals surface area contributed by atoms with E-state index in [1.165, 1.54) is 11.3 Å². The van der Waals surface area contributed by atoms with Crippen LogP contribution in [0.2, 0.25) is 0 Å². The number of benzene rings is 1. The molecule has 4 rings (SSSR count). The van der Waals surface area contributed by atoms with Crippen molar-refractivity contribution in [2.45, 2.75) is 0 Å². The van der Waals surface area contributed by atoms with E-state index in [0.29, 0.717) is 16.4 Å². The lowest BCUT2D eigenvalue weighted by molar-refractivity contribution is 0.0967. The molecule has 0 unspecified atom stereocenters. The Morgan fingerprint density at radius 3 is 2.80 bits per heavy atom. The van der Waals surface area contributed by atoms with Gasteiger partial charge in [0.05, 0.1) is 33.9 Å². The Balaban J connectivity index is 1.64. The van der Waals surface area contributed by atoms with E-state index in [2.05, 4.69) is 20.6 Å². The Morgan fingerprint density at radius 1 is 1.24 bits per heavy atom. The average molecular weight is 351 g/mol. The number of amides is 1. The van der Waals surface area contributed by atoms with Crippen LogP contribution < -0.4 is 10.1 Å². The number of rotatable bonds is 4. The van der Waals surface area contributed by atoms with Crippen molar-refractivity contribution in [1.29, 1.82) is 0 Å². The highest BCUT2D eigenvalue weighted by Crippen LogP contribution is 2.34. The molecule has 25 heavy (non-hydrogen) atoms. The number of carbonyl (C=O) groups is 1. The zero-order valence-electron chi connectivity index (χ0n) is 13.2. The smallest absolute Gasteiger partial charge is 0.261 e. The van der Waals surface area contributed by atoms with Crippen LogP contribution in [0.3, 0.4) is 0 Å². The number of thiophene rings is 1. The van der Waals surface area contributed by atoms with E-state index in [1.807, 2.05) is 30.3 Å². The van der Waals surface area contributed by atoms with E-state index in [9.17, 15) is 4.79 Å². The van der Waals surface area contributed by atoms with Crippen LogP contribution in [0.4, 0.5) is 0 Å². The molecule has 0 bridgehead atoms. The van der Waals surface area contributed by atoms with Crippen LogP contribution in [0.15, 0.2) is 55.1 Å². The van der Waals surface area contributed by atoms with Crippen molar-refractivity contribution in [3.05, 3.63) is 60.0 Å². The van der Waals surface area contributed by atoms with Crippen molar-refractivity contribution in [2.75, 3.05) is 7.05 Å². The standard InChI is InChI=1S/C17H13N5O2S/c1-18-17(23)15-8-13-14(9-19-10-16(13)25-15)24-12-4-2-11(3-5-12)22-7-6-20-21-22/h2-10H,1H3,(H,18,23). The minimum absolute atomic E-state index is 0.121. The number of pyridine rings is 1. The second kappa shape index (κ2) is 6.33. The molecule has 4 aromatic rings. The minimum atomic E-state index is -0.121. The third kappa shape index (κ3) is 2.94. The van der Waals surface area contributed by atoms with E-state index in [-0.39, 0.29) is 5.91 Å². The summed E-state index contributed by atoms with van der Waals surface area (Å²) in [5.41, 5.74) is 0.888. The number of nitrogens with zero attached hydrogens (tertiary/aromatic N) is 4. The summed E-state index contributed by atoms with van der Waals surface area (Å²) in [4.78, 5) is 16.6. The van der Waals surface area contributed by atoms with Crippen LogP contribution in [0, 0.1) is 0 Å². The molecule has 0 aliphatic carbocycles. The van der Waals surface area contributed by atoms with E-state index in [1.54, 1.807) is 36.5 Å². The number of carbonyl (C=O) groups excluding carboxylic acids is 1. The fourth-order valence-corrected chi connectivity index (χ4v) is 3.38. The third-order valence-corrected chi connectivity index (χ3v) is 4.68. The summed E-state index contributed by atoms with van der Waals surface area (Å²) in [5.74, 6) is 1.16. The van der Waals surface area contributed by atoms with Gasteiger partial charge in [0, 0.05) is 18.6 Å². The van der Waals surface area contributed by atoms with Crippen molar-refractivity contribution in [3.8, 4) is 17.2 Å². The summed E-state index contributed by atoms with van der Waals surface area (Å²) in [5, 5.41) is 11.2. The first kappa shape index (κ1) is 15.3. The quantitative estimate of drug-likeness (QED) is 0.611. The lowest BCUT2D eigenvalue weighted by atomic mass is 10.2. The number of fused-ring (bicyclic) bond motifs is 1. The highest BCUT2D eigenvalue weighted by atomic mass is 32.1. The van der Waals surface area contributed by atoms with Gasteiger partial charge in [0.15, 0.2) is 5.75 Å². The first-order valence-electron chi connectivity index (χ1n) is 7.49. The normalized spacial score (nSPS) is 10.8. The minimum Gasteiger partial charge on any atom is -0.455 e. The Hall–Kier alpha value is -3.26. The summed E-state index contributed by atoms with van der Waals surface area (Å²) in [6, 6.07) is 9.30. The number of nitrogens with one attached hydrogen (secondary N) is 1. The first-order chi connectivity index (χ1) is 12.2. The molecule has 0 saturated carbocycles. The second-order valence-corrected chi connectivity index (χ2v) is 6.27. The fraction of sp³-hybridized carbons (Fsp3) is 0.0588. The Bertz CT molecular complexity index is 1030. The van der Waals surface area contributed by atoms with Crippen LogP contribution in [-0.2, 0) is 0 Å². The van der Waals surface area contributed by atoms with Gasteiger partial charge in [0.25, 0.3) is 5.91 Å². The lowest BCUT2D eigenvalue weighted by Crippen LogP contribution is -2.15. The summed E-state index contributed by atoms with van der Waals surface area (Å²) < 4.78 is 8.52. The van der Waals surface area contributed by atoms with Crippen molar-refractivity contribution < 1.29 is 9.53 Å². The van der Waals surface area contributed by atoms with Gasteiger partial charge in [-0.3, -0.25) is 9.78 Å². The number of ether oxygens (including phenoxy) is 1. The zero-order chi connectivity index (χ0) is 17.2. The van der Waals surface area contributed by atoms with E-state index in [0.717, 1.165) is 15.8 Å². The van der Waals surface area contributed by atoms with Crippen molar-refractivity contribution in [1.82, 2.24) is 25.3 Å². The molecule has 0 aliphatic heterocycles. The molecule has 1 N–H and O–H groups in total. The highest BCUT2D eigenvalue weighted by molar-refractivity contribution is 7.20. The highest BCUT2D eigenvalue weighted by Gasteiger charge is 2.13. The van der Waals surface area contributed by atoms with Crippen LogP contribution in [-0.4, -0.2) is 32.9 Å². The predicted molar refractivity (Wildman–Crippen MR) is 94.4 cm³/mol. The summed E-state index contributed by atoms with van der Waals surface area (Å²) in [6.07, 6.45) is 6.77. The van der Waals surface area contributed by atoms with Gasteiger partial charge >= 0.3 is 0 Å². The maximum Gasteiger partial charge on any atom is 0.261 e. The lowest BCUT2D eigenvalue weighted by Gasteiger charge is -2.07. The first-order valence-corrected chi connectivity index (χ1v) is 8.30. The molecule has 0 aliphatic rings. The van der Waals surface area contributed by atoms with Gasteiger partial charge in [-0.1, -0.05) is 5.21 Å². The molecular weight excluding hydrogens is 338 g/mol. The molecule has 0 fully saturated rings. The van der Waals surface area contributed by atoms with Crippen molar-refractivity contribution in [3.63, 3.8) is 0 Å². The maximum atomic E-state index is 11.8. The van der Waals surface area contributed by atoms with E-state index in [4.69, 9.17) is 4.74 Å². The van der Waals surface area contributed by atoms with Crippen LogP contribution in [0.25, 0.3) is 15.8 Å². The fourth-order valence-electron chi connectivity index (χ4n) is 2.39. The van der Waals surface area contributed by atoms with E-state index >= 15 is 0 Å². The van der Waals surface area contributed by atoms with Crippen LogP contribution >= 0.6 is 11.3 Å². The predicted octanol–water partition coefficient (Wildman–Crippen LogP) is 3.03. The molecule has 1 aromatic carbocycles. The van der Waals surface area contributed by atoms with Gasteiger partial charge in [-0.15, -0.1) is 16.4 Å². The number of hydrogen-bond acceptors (Lipinski definition) is 6. The molecule has 8 heteroatoms. The molecule has 0 spiro atoms. The SMILES string of the molecule is CNC(=O)c1cc2c(Oc3ccc(-n4ccnn4)cc3)cncc2s1. The van der Waals surface area contributed by atoms with Gasteiger partial charge in [-0.2, -0.15) is 0 Å². The molecule has 7 nitrogen and oxygen atoms in total. The number of hydrogen-bond donors (Lipinski definition) is 1. The van der Waals surface area contributed by atoms with E-state index < -0.39 is 0 Å². The van der Waals surface area contributed by atoms with Gasteiger partial charge in [-0.25, -0.2) is 4.68 Å². The van der Waals surface area contributed by atoms with Crippen LogP contribution in [0.1, 0.15) is 9.67 Å². The van der Waals surface area contributed by atoms with Gasteiger partial charge in [0.1, 0.15) is 5.75 Å². The average Bonchev–Trinajstić information content (AvgIpc) is 3.32. The summed E-state index contributed by atoms with van der Waals surface area (Å²) in [7, 11) is 1.61. The molecule has 0 radical (unpaired) electrons. The van der Waals surface area contributed by atoms with Crippen molar-refractivity contribution in [2.24, 2.45) is 0 Å². The van der Waals surface area contributed by atoms with Gasteiger partial charge < -0.3 is 10.1 Å². The Kier molecular flexibility index (Phi) is 3.87. The molecule has 0 atom stereocenters. The molecular formula is C17H13N5O2S. The summed E-state index contributed by atoms with van der Waals surface area (Å²) >= 11 is 1.38. The van der Waals surface area contributed by atoms with Crippen LogP contribution in [0.5, 0.6) is 11.5 Å². The van der Waals surface area contributed by atoms with Gasteiger partial charge in [-0.05, 0) is 30.3 Å². The summed E-state index contributed by atoms with van der Waals surface area (Å²) in [6.45, 7) is 0. The largest absolute Gasteiger partial charge is 0.455 e. The Labute approximate surface area is 146 Å². The van der Waals surface area contributed by atoms with Crippen molar-refractivity contribution >= 4 is 27.3 Å². The number of aromatic nitrogens is 4. The molecule has 1 amide bonds. The molecule has 3 heterocycles. The van der Waals surface area contributed by atoms with Gasteiger partial charge in [0.2, 0.25) is 0 Å². The topological polar surface area (TPSA) is 81.9 Å². The Morgan fingerprint density at radius 2 is 2.08 bits per heavy atom. The molecule has 124 valence electrons. The monoisotopic (exact) mass is 351 g/mol. The zero-order valence-corrected chi connectivity index (χ0v) is 14.0. The maximum absolute atomic E-state index is 11.8. The molecule has 3 aromatic heterocycles. The third-order valence-electron chi connectivity index (χ3n) is 3.61. The molecule has 0 saturated heterocycles.